The highest BCUT2D eigenvalue weighted by molar-refractivity contribution is 5.49. The monoisotopic (exact) mass is 234 g/mol. The first-order chi connectivity index (χ1) is 7.15. The molecule has 1 aromatic rings. The van der Waals surface area contributed by atoms with E-state index in [9.17, 15) is 0 Å². The molecule has 0 saturated carbocycles. The molecule has 0 spiro atoms. The average Bonchev–Trinajstić information content (AvgIpc) is 2.17. The zero-order chi connectivity index (χ0) is 12.7. The summed E-state index contributed by atoms with van der Waals surface area (Å²) in [5, 5.41) is 0. The first-order valence-corrected chi connectivity index (χ1v) is 6.21. The molecular weight excluding hydrogens is 204 g/mol. The Balaban J connectivity index is 0.00000256. The summed E-state index contributed by atoms with van der Waals surface area (Å²) in [5.74, 6) is 0. The van der Waals surface area contributed by atoms with Crippen LogP contribution in [0.1, 0.15) is 61.6 Å². The Morgan fingerprint density at radius 2 is 0.941 bits per heavy atom. The molecule has 0 N–H and O–H groups in total. The Labute approximate surface area is 108 Å². The second kappa shape index (κ2) is 5.25. The van der Waals surface area contributed by atoms with Crippen molar-refractivity contribution >= 4 is 0 Å². The van der Waals surface area contributed by atoms with Crippen molar-refractivity contribution in [3.63, 3.8) is 0 Å². The molecule has 0 fully saturated rings. The first kappa shape index (κ1) is 16.2. The average molecular weight is 234 g/mol. The van der Waals surface area contributed by atoms with Crippen LogP contribution >= 0.6 is 0 Å². The lowest BCUT2D eigenvalue weighted by atomic mass is 9.81. The number of hydrogen-bond acceptors (Lipinski definition) is 0. The highest BCUT2D eigenvalue weighted by Gasteiger charge is 2.18. The second-order valence-corrected chi connectivity index (χ2v) is 6.34. The normalized spacial score (nSPS) is 11.3. The van der Waals surface area contributed by atoms with E-state index in [1.807, 2.05) is 0 Å². The highest BCUT2D eigenvalue weighted by atomic mass is 14.2. The first-order valence-electron chi connectivity index (χ1n) is 6.21. The van der Waals surface area contributed by atoms with Gasteiger partial charge in [0.15, 0.2) is 0 Å². The van der Waals surface area contributed by atoms with Gasteiger partial charge in [-0.15, -0.1) is 0 Å². The van der Waals surface area contributed by atoms with Crippen molar-refractivity contribution in [1.82, 2.24) is 0 Å². The van der Waals surface area contributed by atoms with Crippen molar-refractivity contribution in [2.45, 2.75) is 69.2 Å². The maximum atomic E-state index is 2.32. The molecule has 0 nitrogen and oxygen atoms in total. The molecule has 0 unspecified atom stereocenters. The van der Waals surface area contributed by atoms with Gasteiger partial charge in [0, 0.05) is 0 Å². The van der Waals surface area contributed by atoms with Crippen LogP contribution in [0.25, 0.3) is 0 Å². The maximum Gasteiger partial charge on any atom is -0.0224 e. The zero-order valence-corrected chi connectivity index (χ0v) is 12.2. The van der Waals surface area contributed by atoms with Gasteiger partial charge >= 0.3 is 0 Å². The van der Waals surface area contributed by atoms with Gasteiger partial charge in [0.25, 0.3) is 0 Å². The predicted octanol–water partition coefficient (Wildman–Crippen LogP) is 5.45. The summed E-state index contributed by atoms with van der Waals surface area (Å²) < 4.78 is 0. The van der Waals surface area contributed by atoms with Gasteiger partial charge in [0.05, 0.1) is 0 Å². The lowest BCUT2D eigenvalue weighted by molar-refractivity contribution is 0.409. The minimum Gasteiger partial charge on any atom is -0.0776 e. The van der Waals surface area contributed by atoms with Gasteiger partial charge in [-0.1, -0.05) is 28.2 Å². The van der Waals surface area contributed by atoms with Crippen LogP contribution in [-0.2, 0) is 6.42 Å². The van der Waals surface area contributed by atoms with E-state index in [4.69, 9.17) is 0 Å². The van der Waals surface area contributed by atoms with Crippen molar-refractivity contribution in [2.24, 2.45) is 5.41 Å². The summed E-state index contributed by atoms with van der Waals surface area (Å²) >= 11 is 0. The van der Waals surface area contributed by atoms with Crippen LogP contribution in [0.3, 0.4) is 0 Å². The van der Waals surface area contributed by atoms with E-state index in [0.29, 0.717) is 5.41 Å². The topological polar surface area (TPSA) is 0 Å². The van der Waals surface area contributed by atoms with E-state index in [2.05, 4.69) is 55.4 Å². The number of rotatable bonds is 1. The Kier molecular flexibility index (Phi) is 5.01. The zero-order valence-electron chi connectivity index (χ0n) is 12.2. The van der Waals surface area contributed by atoms with Crippen molar-refractivity contribution in [3.05, 3.63) is 33.4 Å². The van der Waals surface area contributed by atoms with E-state index >= 15 is 0 Å². The third-order valence-corrected chi connectivity index (χ3v) is 3.86. The Hall–Kier alpha value is -0.780. The van der Waals surface area contributed by atoms with E-state index in [1.165, 1.54) is 34.2 Å². The van der Waals surface area contributed by atoms with Crippen LogP contribution in [0.5, 0.6) is 0 Å². The largest absolute Gasteiger partial charge is 0.0776 e. The summed E-state index contributed by atoms with van der Waals surface area (Å²) in [6.07, 6.45) is 1.17. The fourth-order valence-corrected chi connectivity index (χ4v) is 2.37. The Morgan fingerprint density at radius 3 is 1.24 bits per heavy atom. The lowest BCUT2D eigenvalue weighted by Crippen LogP contribution is -2.13. The molecule has 0 aliphatic carbocycles. The SMILES string of the molecule is C.Cc1c(C)c(C)c(CC(C)(C)C)c(C)c1C. The van der Waals surface area contributed by atoms with E-state index in [1.54, 1.807) is 5.56 Å². The summed E-state index contributed by atoms with van der Waals surface area (Å²) in [6, 6.07) is 0. The smallest absolute Gasteiger partial charge is 0.0224 e. The minimum atomic E-state index is 0. The standard InChI is InChI=1S/C16H26.CH4/c1-10-11(2)13(4)15(9-16(6,7)8)14(5)12(10)3;/h9H2,1-8H3;1H4. The van der Waals surface area contributed by atoms with Crippen LogP contribution in [0.4, 0.5) is 0 Å². The maximum absolute atomic E-state index is 2.32. The predicted molar refractivity (Wildman–Crippen MR) is 80.0 cm³/mol. The van der Waals surface area contributed by atoms with Gasteiger partial charge in [0.1, 0.15) is 0 Å². The summed E-state index contributed by atoms with van der Waals surface area (Å²) in [5.41, 5.74) is 9.33. The molecular formula is C17H30. The van der Waals surface area contributed by atoms with E-state index in [0.717, 1.165) is 0 Å². The molecule has 0 heterocycles. The van der Waals surface area contributed by atoms with Gasteiger partial charge < -0.3 is 0 Å². The Bertz CT molecular complexity index is 374. The van der Waals surface area contributed by atoms with Gasteiger partial charge in [0.2, 0.25) is 0 Å². The fraction of sp³-hybridized carbons (Fsp3) is 0.647. The molecule has 0 aliphatic rings. The molecule has 0 saturated heterocycles. The summed E-state index contributed by atoms with van der Waals surface area (Å²) in [4.78, 5) is 0. The van der Waals surface area contributed by atoms with E-state index < -0.39 is 0 Å². The van der Waals surface area contributed by atoms with Gasteiger partial charge in [-0.05, 0) is 79.8 Å². The van der Waals surface area contributed by atoms with Crippen molar-refractivity contribution in [3.8, 4) is 0 Å². The quantitative estimate of drug-likeness (QED) is 0.606. The number of benzene rings is 1. The van der Waals surface area contributed by atoms with Gasteiger partial charge in [-0.25, -0.2) is 0 Å². The van der Waals surface area contributed by atoms with Crippen LogP contribution in [0, 0.1) is 40.0 Å². The molecule has 0 radical (unpaired) electrons. The third-order valence-electron chi connectivity index (χ3n) is 3.86. The molecule has 0 atom stereocenters. The van der Waals surface area contributed by atoms with Crippen LogP contribution < -0.4 is 0 Å². The molecule has 0 aromatic heterocycles. The fourth-order valence-electron chi connectivity index (χ4n) is 2.37. The van der Waals surface area contributed by atoms with Crippen LogP contribution in [0.2, 0.25) is 0 Å². The third kappa shape index (κ3) is 3.34. The second-order valence-electron chi connectivity index (χ2n) is 6.34. The van der Waals surface area contributed by atoms with E-state index in [-0.39, 0.29) is 7.43 Å². The van der Waals surface area contributed by atoms with Crippen molar-refractivity contribution in [1.29, 1.82) is 0 Å². The molecule has 0 amide bonds. The summed E-state index contributed by atoms with van der Waals surface area (Å²) in [6.45, 7) is 18.2. The van der Waals surface area contributed by atoms with Crippen LogP contribution in [-0.4, -0.2) is 0 Å². The highest BCUT2D eigenvalue weighted by Crippen LogP contribution is 2.31. The van der Waals surface area contributed by atoms with Crippen molar-refractivity contribution in [2.75, 3.05) is 0 Å². The molecule has 98 valence electrons. The molecule has 0 aliphatic heterocycles. The molecule has 17 heavy (non-hydrogen) atoms. The molecule has 1 rings (SSSR count). The molecule has 1 aromatic carbocycles. The minimum absolute atomic E-state index is 0. The van der Waals surface area contributed by atoms with Crippen molar-refractivity contribution < 1.29 is 0 Å². The molecule has 0 bridgehead atoms. The number of hydrogen-bond donors (Lipinski definition) is 0. The Morgan fingerprint density at radius 1 is 0.647 bits per heavy atom. The van der Waals surface area contributed by atoms with Gasteiger partial charge in [-0.3, -0.25) is 0 Å². The van der Waals surface area contributed by atoms with Gasteiger partial charge in [-0.2, -0.15) is 0 Å². The summed E-state index contributed by atoms with van der Waals surface area (Å²) in [7, 11) is 0. The lowest BCUT2D eigenvalue weighted by Gasteiger charge is -2.25. The molecule has 0 heteroatoms. The van der Waals surface area contributed by atoms with Crippen LogP contribution in [0.15, 0.2) is 0 Å².